The third kappa shape index (κ3) is 3.50. The molecule has 0 saturated heterocycles. The molecule has 9 heteroatoms. The Morgan fingerprint density at radius 1 is 1.20 bits per heavy atom. The molecule has 20 heavy (non-hydrogen) atoms. The first-order valence-electron chi connectivity index (χ1n) is 5.28. The molecule has 2 rings (SSSR count). The van der Waals surface area contributed by atoms with Crippen LogP contribution in [-0.2, 0) is 10.0 Å². The fourth-order valence-electron chi connectivity index (χ4n) is 1.41. The van der Waals surface area contributed by atoms with Crippen molar-refractivity contribution in [2.75, 3.05) is 11.8 Å². The van der Waals surface area contributed by atoms with Crippen molar-refractivity contribution in [2.24, 2.45) is 0 Å². The second-order valence-corrected chi connectivity index (χ2v) is 6.04. The number of hydrogen-bond donors (Lipinski definition) is 1. The predicted molar refractivity (Wildman–Crippen MR) is 75.9 cm³/mol. The Kier molecular flexibility index (Phi) is 4.32. The van der Waals surface area contributed by atoms with Crippen molar-refractivity contribution in [2.45, 2.75) is 4.90 Å². The fourth-order valence-corrected chi connectivity index (χ4v) is 2.84. The second kappa shape index (κ2) is 5.82. The summed E-state index contributed by atoms with van der Waals surface area (Å²) in [5.41, 5.74) is 0. The van der Waals surface area contributed by atoms with Gasteiger partial charge in [-0.2, -0.15) is 4.98 Å². The summed E-state index contributed by atoms with van der Waals surface area (Å²) >= 11 is 11.3. The molecule has 1 aromatic heterocycles. The van der Waals surface area contributed by atoms with E-state index in [0.29, 0.717) is 5.75 Å². The van der Waals surface area contributed by atoms with Crippen LogP contribution in [0.1, 0.15) is 0 Å². The van der Waals surface area contributed by atoms with E-state index < -0.39 is 10.0 Å². The molecule has 0 atom stereocenters. The van der Waals surface area contributed by atoms with Crippen molar-refractivity contribution in [1.29, 1.82) is 0 Å². The van der Waals surface area contributed by atoms with Gasteiger partial charge >= 0.3 is 0 Å². The van der Waals surface area contributed by atoms with E-state index >= 15 is 0 Å². The van der Waals surface area contributed by atoms with Crippen LogP contribution >= 0.6 is 23.2 Å². The number of nitrogens with zero attached hydrogens (tertiary/aromatic N) is 2. The van der Waals surface area contributed by atoms with Gasteiger partial charge in [-0.05, 0) is 23.7 Å². The number of ether oxygens (including phenoxy) is 1. The van der Waals surface area contributed by atoms with Crippen LogP contribution in [0.3, 0.4) is 0 Å². The van der Waals surface area contributed by atoms with Crippen LogP contribution in [0.5, 0.6) is 5.75 Å². The first-order valence-corrected chi connectivity index (χ1v) is 7.51. The van der Waals surface area contributed by atoms with Crippen LogP contribution in [0.4, 0.5) is 5.82 Å². The van der Waals surface area contributed by atoms with Gasteiger partial charge in [0.05, 0.1) is 12.0 Å². The second-order valence-electron chi connectivity index (χ2n) is 3.63. The minimum Gasteiger partial charge on any atom is -0.497 e. The molecule has 0 aliphatic carbocycles. The number of hydrogen-bond acceptors (Lipinski definition) is 5. The number of methoxy groups -OCH3 is 1. The largest absolute Gasteiger partial charge is 0.497 e. The molecule has 0 aliphatic heterocycles. The zero-order valence-electron chi connectivity index (χ0n) is 10.2. The minimum atomic E-state index is -3.82. The van der Waals surface area contributed by atoms with E-state index in [1.165, 1.54) is 25.3 Å². The molecule has 0 bridgehead atoms. The molecule has 0 saturated carbocycles. The molecular formula is C11H9Cl2N3O3S. The quantitative estimate of drug-likeness (QED) is 0.687. The molecule has 0 spiro atoms. The highest BCUT2D eigenvalue weighted by Gasteiger charge is 2.16. The summed E-state index contributed by atoms with van der Waals surface area (Å²) in [7, 11) is -2.37. The molecule has 0 unspecified atom stereocenters. The minimum absolute atomic E-state index is 0.0159. The topological polar surface area (TPSA) is 81.2 Å². The van der Waals surface area contributed by atoms with Crippen LogP contribution in [0.2, 0.25) is 10.4 Å². The van der Waals surface area contributed by atoms with Gasteiger partial charge < -0.3 is 4.74 Å². The molecule has 0 aliphatic rings. The van der Waals surface area contributed by atoms with E-state index in [1.54, 1.807) is 12.1 Å². The summed E-state index contributed by atoms with van der Waals surface area (Å²) in [5.74, 6) is 0.407. The summed E-state index contributed by atoms with van der Waals surface area (Å²) in [6.45, 7) is 0. The molecule has 2 aromatic rings. The van der Waals surface area contributed by atoms with Gasteiger partial charge in [0.15, 0.2) is 0 Å². The van der Waals surface area contributed by atoms with Gasteiger partial charge in [0.25, 0.3) is 10.0 Å². The molecule has 1 N–H and O–H groups in total. The highest BCUT2D eigenvalue weighted by atomic mass is 35.5. The Morgan fingerprint density at radius 3 is 2.60 bits per heavy atom. The maximum Gasteiger partial charge on any atom is 0.263 e. The van der Waals surface area contributed by atoms with Crippen LogP contribution in [-0.4, -0.2) is 25.5 Å². The van der Waals surface area contributed by atoms with E-state index in [1.807, 2.05) is 0 Å². The van der Waals surface area contributed by atoms with E-state index in [4.69, 9.17) is 27.9 Å². The lowest BCUT2D eigenvalue weighted by Gasteiger charge is -2.08. The monoisotopic (exact) mass is 333 g/mol. The maximum absolute atomic E-state index is 12.2. The van der Waals surface area contributed by atoms with Crippen molar-refractivity contribution in [1.82, 2.24) is 9.97 Å². The van der Waals surface area contributed by atoms with Gasteiger partial charge in [-0.3, -0.25) is 4.72 Å². The molecular weight excluding hydrogens is 325 g/mol. The first kappa shape index (κ1) is 14.8. The lowest BCUT2D eigenvalue weighted by molar-refractivity contribution is 0.413. The smallest absolute Gasteiger partial charge is 0.263 e. The Labute approximate surface area is 125 Å². The number of anilines is 1. The molecule has 0 fully saturated rings. The summed E-state index contributed by atoms with van der Waals surface area (Å²) in [6, 6.07) is 7.26. The average Bonchev–Trinajstić information content (AvgIpc) is 2.37. The molecule has 0 radical (unpaired) electrons. The Bertz CT molecular complexity index is 717. The van der Waals surface area contributed by atoms with Crippen molar-refractivity contribution in [3.8, 4) is 5.75 Å². The summed E-state index contributed by atoms with van der Waals surface area (Å²) in [4.78, 5) is 7.40. The molecule has 106 valence electrons. The summed E-state index contributed by atoms with van der Waals surface area (Å²) in [5, 5.41) is -0.116. The average molecular weight is 334 g/mol. The molecule has 1 aromatic carbocycles. The predicted octanol–water partition coefficient (Wildman–Crippen LogP) is 2.59. The number of halogens is 2. The highest BCUT2D eigenvalue weighted by Crippen LogP contribution is 2.21. The fraction of sp³-hybridized carbons (Fsp3) is 0.0909. The lowest BCUT2D eigenvalue weighted by atomic mass is 10.3. The van der Waals surface area contributed by atoms with Gasteiger partial charge in [-0.1, -0.05) is 17.7 Å². The van der Waals surface area contributed by atoms with Gasteiger partial charge in [0, 0.05) is 12.1 Å². The number of nitrogens with one attached hydrogen (secondary N) is 1. The first-order chi connectivity index (χ1) is 9.40. The molecule has 6 nitrogen and oxygen atoms in total. The number of aromatic nitrogens is 2. The van der Waals surface area contributed by atoms with E-state index in [0.717, 1.165) is 0 Å². The van der Waals surface area contributed by atoms with Crippen LogP contribution < -0.4 is 9.46 Å². The maximum atomic E-state index is 12.2. The Hall–Kier alpha value is -1.57. The number of rotatable bonds is 4. The van der Waals surface area contributed by atoms with Gasteiger partial charge in [-0.25, -0.2) is 13.4 Å². The number of benzene rings is 1. The van der Waals surface area contributed by atoms with Crippen molar-refractivity contribution >= 4 is 39.0 Å². The third-order valence-electron chi connectivity index (χ3n) is 2.26. The van der Waals surface area contributed by atoms with Crippen molar-refractivity contribution < 1.29 is 13.2 Å². The molecule has 0 amide bonds. The van der Waals surface area contributed by atoms with Crippen LogP contribution in [0.15, 0.2) is 35.2 Å². The number of sulfonamides is 1. The standard InChI is InChI=1S/C11H9Cl2N3O3S/c1-19-7-3-2-4-8(5-7)20(17,18)16-10-6-9(12)14-11(13)15-10/h2-6H,1H3,(H,14,15,16). The summed E-state index contributed by atoms with van der Waals surface area (Å²) in [6.07, 6.45) is 0. The zero-order valence-corrected chi connectivity index (χ0v) is 12.5. The van der Waals surface area contributed by atoms with E-state index in [-0.39, 0.29) is 21.2 Å². The normalized spacial score (nSPS) is 11.2. The Morgan fingerprint density at radius 2 is 1.95 bits per heavy atom. The van der Waals surface area contributed by atoms with Crippen molar-refractivity contribution in [3.05, 3.63) is 40.8 Å². The third-order valence-corrected chi connectivity index (χ3v) is 3.97. The Balaban J connectivity index is 2.35. The van der Waals surface area contributed by atoms with Gasteiger partial charge in [-0.15, -0.1) is 0 Å². The molecule has 1 heterocycles. The zero-order chi connectivity index (χ0) is 14.8. The van der Waals surface area contributed by atoms with Crippen LogP contribution in [0.25, 0.3) is 0 Å². The SMILES string of the molecule is COc1cccc(S(=O)(=O)Nc2cc(Cl)nc(Cl)n2)c1. The highest BCUT2D eigenvalue weighted by molar-refractivity contribution is 7.92. The van der Waals surface area contributed by atoms with E-state index in [9.17, 15) is 8.42 Å². The lowest BCUT2D eigenvalue weighted by Crippen LogP contribution is -2.14. The summed E-state index contributed by atoms with van der Waals surface area (Å²) < 4.78 is 31.6. The van der Waals surface area contributed by atoms with Crippen LogP contribution in [0, 0.1) is 0 Å². The van der Waals surface area contributed by atoms with E-state index in [2.05, 4.69) is 14.7 Å². The van der Waals surface area contributed by atoms with Gasteiger partial charge in [0.2, 0.25) is 5.28 Å². The van der Waals surface area contributed by atoms with Crippen molar-refractivity contribution in [3.63, 3.8) is 0 Å². The van der Waals surface area contributed by atoms with Gasteiger partial charge in [0.1, 0.15) is 16.7 Å².